The smallest absolute Gasteiger partial charge is 0.364 e. The van der Waals surface area contributed by atoms with Crippen molar-refractivity contribution in [3.8, 4) is 5.75 Å². The molecule has 0 atom stereocenters. The third kappa shape index (κ3) is 3.60. The molecule has 1 heterocycles. The molecule has 0 aliphatic heterocycles. The van der Waals surface area contributed by atoms with E-state index in [1.165, 1.54) is 4.68 Å². The second-order valence-electron chi connectivity index (χ2n) is 6.70. The van der Waals surface area contributed by atoms with Crippen molar-refractivity contribution < 1.29 is 9.53 Å². The van der Waals surface area contributed by atoms with Crippen molar-refractivity contribution in [3.05, 3.63) is 68.6 Å². The van der Waals surface area contributed by atoms with Gasteiger partial charge in [-0.3, -0.25) is 4.79 Å². The van der Waals surface area contributed by atoms with Gasteiger partial charge in [0.05, 0.1) is 5.39 Å². The molecule has 2 aromatic carbocycles. The van der Waals surface area contributed by atoms with Gasteiger partial charge >= 0.3 is 5.97 Å². The number of rotatable bonds is 4. The standard InChI is InChI=1S/C21H21ClN2O3/c1-5-24-20(25)15-9-7-6-8-14(15)19(23-24)21(26)27-18-10-13(4)17(22)11-16(18)12(2)3/h6-12H,5H2,1-4H3. The van der Waals surface area contributed by atoms with Crippen LogP contribution in [0.3, 0.4) is 0 Å². The largest absolute Gasteiger partial charge is 0.421 e. The van der Waals surface area contributed by atoms with E-state index in [0.29, 0.717) is 28.1 Å². The molecule has 140 valence electrons. The van der Waals surface area contributed by atoms with E-state index in [0.717, 1.165) is 11.1 Å². The summed E-state index contributed by atoms with van der Waals surface area (Å²) in [6, 6.07) is 10.5. The average Bonchev–Trinajstić information content (AvgIpc) is 2.64. The highest BCUT2D eigenvalue weighted by Gasteiger charge is 2.21. The van der Waals surface area contributed by atoms with E-state index < -0.39 is 5.97 Å². The second-order valence-corrected chi connectivity index (χ2v) is 7.11. The summed E-state index contributed by atoms with van der Waals surface area (Å²) < 4.78 is 6.97. The fraction of sp³-hybridized carbons (Fsp3) is 0.286. The topological polar surface area (TPSA) is 61.2 Å². The highest BCUT2D eigenvalue weighted by Crippen LogP contribution is 2.32. The molecule has 3 aromatic rings. The first-order valence-electron chi connectivity index (χ1n) is 8.85. The molecule has 6 heteroatoms. The number of benzene rings is 2. The van der Waals surface area contributed by atoms with Gasteiger partial charge in [0.25, 0.3) is 5.56 Å². The van der Waals surface area contributed by atoms with Gasteiger partial charge < -0.3 is 4.74 Å². The third-order valence-electron chi connectivity index (χ3n) is 4.48. The van der Waals surface area contributed by atoms with Crippen LogP contribution in [0.2, 0.25) is 5.02 Å². The summed E-state index contributed by atoms with van der Waals surface area (Å²) in [4.78, 5) is 25.4. The highest BCUT2D eigenvalue weighted by atomic mass is 35.5. The Morgan fingerprint density at radius 3 is 2.52 bits per heavy atom. The molecule has 0 amide bonds. The molecule has 0 unspecified atom stereocenters. The summed E-state index contributed by atoms with van der Waals surface area (Å²) in [5.41, 5.74) is 1.55. The quantitative estimate of drug-likeness (QED) is 0.482. The van der Waals surface area contributed by atoms with Crippen LogP contribution in [-0.2, 0) is 6.54 Å². The molecule has 0 radical (unpaired) electrons. The first kappa shape index (κ1) is 19.1. The van der Waals surface area contributed by atoms with E-state index >= 15 is 0 Å². The normalized spacial score (nSPS) is 11.2. The Kier molecular flexibility index (Phi) is 5.33. The van der Waals surface area contributed by atoms with Gasteiger partial charge in [-0.2, -0.15) is 5.10 Å². The van der Waals surface area contributed by atoms with Crippen LogP contribution in [0.5, 0.6) is 5.75 Å². The Bertz CT molecular complexity index is 1090. The highest BCUT2D eigenvalue weighted by molar-refractivity contribution is 6.31. The Morgan fingerprint density at radius 1 is 1.22 bits per heavy atom. The molecular formula is C21H21ClN2O3. The number of fused-ring (bicyclic) bond motifs is 1. The third-order valence-corrected chi connectivity index (χ3v) is 4.88. The maximum absolute atomic E-state index is 12.9. The summed E-state index contributed by atoms with van der Waals surface area (Å²) in [7, 11) is 0. The zero-order valence-electron chi connectivity index (χ0n) is 15.7. The minimum Gasteiger partial charge on any atom is -0.421 e. The number of aromatic nitrogens is 2. The SMILES string of the molecule is CCn1nc(C(=O)Oc2cc(C)c(Cl)cc2C(C)C)c2ccccc2c1=O. The average molecular weight is 385 g/mol. The molecule has 0 fully saturated rings. The van der Waals surface area contributed by atoms with Crippen LogP contribution in [0, 0.1) is 6.92 Å². The lowest BCUT2D eigenvalue weighted by molar-refractivity contribution is 0.0726. The van der Waals surface area contributed by atoms with E-state index in [9.17, 15) is 9.59 Å². The zero-order chi connectivity index (χ0) is 19.7. The maximum Gasteiger partial charge on any atom is 0.364 e. The van der Waals surface area contributed by atoms with Gasteiger partial charge in [0.1, 0.15) is 5.75 Å². The monoisotopic (exact) mass is 384 g/mol. The Labute approximate surface area is 162 Å². The molecule has 0 saturated heterocycles. The summed E-state index contributed by atoms with van der Waals surface area (Å²) in [6.45, 7) is 8.03. The van der Waals surface area contributed by atoms with Crippen molar-refractivity contribution in [2.24, 2.45) is 0 Å². The van der Waals surface area contributed by atoms with Crippen LogP contribution in [0.1, 0.15) is 48.3 Å². The number of esters is 1. The van der Waals surface area contributed by atoms with E-state index in [2.05, 4.69) is 5.10 Å². The number of carbonyl (C=O) groups excluding carboxylic acids is 1. The van der Waals surface area contributed by atoms with Crippen LogP contribution in [0.15, 0.2) is 41.2 Å². The molecule has 0 bridgehead atoms. The van der Waals surface area contributed by atoms with Crippen molar-refractivity contribution in [2.75, 3.05) is 0 Å². The lowest BCUT2D eigenvalue weighted by atomic mass is 10.0. The number of nitrogens with zero attached hydrogens (tertiary/aromatic N) is 2. The van der Waals surface area contributed by atoms with Gasteiger partial charge in [-0.1, -0.05) is 43.6 Å². The van der Waals surface area contributed by atoms with Gasteiger partial charge in [-0.15, -0.1) is 0 Å². The van der Waals surface area contributed by atoms with Crippen LogP contribution < -0.4 is 10.3 Å². The fourth-order valence-electron chi connectivity index (χ4n) is 2.96. The minimum absolute atomic E-state index is 0.120. The van der Waals surface area contributed by atoms with Crippen LogP contribution in [0.4, 0.5) is 0 Å². The molecular weight excluding hydrogens is 364 g/mol. The van der Waals surface area contributed by atoms with Crippen molar-refractivity contribution in [1.29, 1.82) is 0 Å². The molecule has 0 saturated carbocycles. The van der Waals surface area contributed by atoms with Crippen molar-refractivity contribution in [2.45, 2.75) is 40.2 Å². The summed E-state index contributed by atoms with van der Waals surface area (Å²) in [5, 5.41) is 5.78. The van der Waals surface area contributed by atoms with Gasteiger partial charge in [0.15, 0.2) is 5.69 Å². The molecule has 0 N–H and O–H groups in total. The number of carbonyl (C=O) groups is 1. The molecule has 3 rings (SSSR count). The van der Waals surface area contributed by atoms with E-state index in [1.807, 2.05) is 26.8 Å². The van der Waals surface area contributed by atoms with Gasteiger partial charge in [0.2, 0.25) is 0 Å². The van der Waals surface area contributed by atoms with Crippen LogP contribution in [0.25, 0.3) is 10.8 Å². The van der Waals surface area contributed by atoms with Crippen molar-refractivity contribution in [3.63, 3.8) is 0 Å². The molecule has 0 aliphatic carbocycles. The molecule has 5 nitrogen and oxygen atoms in total. The van der Waals surface area contributed by atoms with Gasteiger partial charge in [0, 0.05) is 17.0 Å². The Hall–Kier alpha value is -2.66. The van der Waals surface area contributed by atoms with Crippen LogP contribution >= 0.6 is 11.6 Å². The lowest BCUT2D eigenvalue weighted by Crippen LogP contribution is -2.26. The Morgan fingerprint density at radius 2 is 1.89 bits per heavy atom. The number of hydrogen-bond donors (Lipinski definition) is 0. The maximum atomic E-state index is 12.9. The van der Waals surface area contributed by atoms with Gasteiger partial charge in [-0.05, 0) is 49.1 Å². The molecule has 1 aromatic heterocycles. The first-order chi connectivity index (χ1) is 12.8. The first-order valence-corrected chi connectivity index (χ1v) is 9.23. The number of ether oxygens (including phenoxy) is 1. The zero-order valence-corrected chi connectivity index (χ0v) is 16.5. The van der Waals surface area contributed by atoms with Crippen molar-refractivity contribution >= 4 is 28.3 Å². The van der Waals surface area contributed by atoms with Crippen LogP contribution in [-0.4, -0.2) is 15.7 Å². The Balaban J connectivity index is 2.12. The van der Waals surface area contributed by atoms with E-state index in [1.54, 1.807) is 37.3 Å². The summed E-state index contributed by atoms with van der Waals surface area (Å²) >= 11 is 6.23. The van der Waals surface area contributed by atoms with Crippen molar-refractivity contribution in [1.82, 2.24) is 9.78 Å². The number of halogens is 1. The van der Waals surface area contributed by atoms with E-state index in [4.69, 9.17) is 16.3 Å². The minimum atomic E-state index is -0.600. The predicted molar refractivity (Wildman–Crippen MR) is 107 cm³/mol. The summed E-state index contributed by atoms with van der Waals surface area (Å²) in [6.07, 6.45) is 0. The summed E-state index contributed by atoms with van der Waals surface area (Å²) in [5.74, 6) is -0.0192. The van der Waals surface area contributed by atoms with E-state index in [-0.39, 0.29) is 17.2 Å². The number of hydrogen-bond acceptors (Lipinski definition) is 4. The molecule has 27 heavy (non-hydrogen) atoms. The second kappa shape index (κ2) is 7.53. The lowest BCUT2D eigenvalue weighted by Gasteiger charge is -2.15. The fourth-order valence-corrected chi connectivity index (χ4v) is 3.13. The number of aryl methyl sites for hydroxylation is 2. The predicted octanol–water partition coefficient (Wildman–Crippen LogP) is 4.72. The van der Waals surface area contributed by atoms with Gasteiger partial charge in [-0.25, -0.2) is 9.48 Å². The molecule has 0 spiro atoms. The molecule has 0 aliphatic rings.